The molecule has 0 saturated carbocycles. The molecule has 1 aromatic carbocycles. The number of aromatic nitrogens is 1. The van der Waals surface area contributed by atoms with Gasteiger partial charge in [-0.2, -0.15) is 4.31 Å². The SMILES string of the molecule is O=C(CN(Cc1ccco1)S(=O)(=O)c1ccc(Cl)nc1)NCc1ccc2c(c1)OCO2. The van der Waals surface area contributed by atoms with E-state index in [1.807, 2.05) is 0 Å². The van der Waals surface area contributed by atoms with Crippen molar-refractivity contribution in [2.24, 2.45) is 0 Å². The number of fused-ring (bicyclic) bond motifs is 1. The van der Waals surface area contributed by atoms with Crippen molar-refractivity contribution < 1.29 is 27.1 Å². The molecule has 0 bridgehead atoms. The summed E-state index contributed by atoms with van der Waals surface area (Å²) >= 11 is 5.76. The lowest BCUT2D eigenvalue weighted by atomic mass is 10.2. The third kappa shape index (κ3) is 4.98. The van der Waals surface area contributed by atoms with E-state index >= 15 is 0 Å². The molecule has 1 amide bonds. The van der Waals surface area contributed by atoms with Crippen molar-refractivity contribution in [3.05, 3.63) is 71.4 Å². The van der Waals surface area contributed by atoms with E-state index < -0.39 is 22.5 Å². The Labute approximate surface area is 183 Å². The Morgan fingerprint density at radius 2 is 2.00 bits per heavy atom. The Kier molecular flexibility index (Phi) is 6.12. The van der Waals surface area contributed by atoms with E-state index in [2.05, 4.69) is 10.3 Å². The standard InChI is InChI=1S/C20H18ClN3O6S/c21-19-6-4-16(10-22-19)31(26,27)24(11-15-2-1-7-28-15)12-20(25)23-9-14-3-5-17-18(8-14)30-13-29-17/h1-8,10H,9,11-13H2,(H,23,25). The van der Waals surface area contributed by atoms with Crippen LogP contribution < -0.4 is 14.8 Å². The summed E-state index contributed by atoms with van der Waals surface area (Å²) in [5, 5.41) is 2.89. The van der Waals surface area contributed by atoms with Crippen LogP contribution in [0.1, 0.15) is 11.3 Å². The van der Waals surface area contributed by atoms with Crippen LogP contribution in [-0.4, -0.2) is 37.0 Å². The molecule has 0 saturated heterocycles. The van der Waals surface area contributed by atoms with Gasteiger partial charge in [0, 0.05) is 12.7 Å². The molecule has 4 rings (SSSR count). The molecule has 3 heterocycles. The maximum Gasteiger partial charge on any atom is 0.245 e. The number of rotatable bonds is 8. The number of amides is 1. The van der Waals surface area contributed by atoms with E-state index in [4.69, 9.17) is 25.5 Å². The highest BCUT2D eigenvalue weighted by atomic mass is 35.5. The number of sulfonamides is 1. The largest absolute Gasteiger partial charge is 0.468 e. The molecule has 1 aliphatic rings. The summed E-state index contributed by atoms with van der Waals surface area (Å²) in [4.78, 5) is 16.3. The van der Waals surface area contributed by atoms with Gasteiger partial charge in [0.15, 0.2) is 11.5 Å². The Bertz CT molecular complexity index is 1170. The smallest absolute Gasteiger partial charge is 0.245 e. The van der Waals surface area contributed by atoms with E-state index in [-0.39, 0.29) is 29.9 Å². The van der Waals surface area contributed by atoms with Crippen molar-refractivity contribution in [3.8, 4) is 11.5 Å². The fourth-order valence-electron chi connectivity index (χ4n) is 2.93. The second-order valence-electron chi connectivity index (χ2n) is 6.63. The quantitative estimate of drug-likeness (QED) is 0.511. The molecule has 0 spiro atoms. The minimum atomic E-state index is -4.03. The van der Waals surface area contributed by atoms with Gasteiger partial charge in [0.1, 0.15) is 15.8 Å². The molecule has 0 radical (unpaired) electrons. The second kappa shape index (κ2) is 8.96. The molecule has 11 heteroatoms. The number of ether oxygens (including phenoxy) is 2. The Hall–Kier alpha value is -3.08. The summed E-state index contributed by atoms with van der Waals surface area (Å²) in [5.41, 5.74) is 0.792. The van der Waals surface area contributed by atoms with Crippen molar-refractivity contribution in [2.45, 2.75) is 18.0 Å². The maximum absolute atomic E-state index is 13.1. The van der Waals surface area contributed by atoms with Crippen molar-refractivity contribution in [2.75, 3.05) is 13.3 Å². The molecule has 0 fully saturated rings. The normalized spacial score (nSPS) is 12.8. The van der Waals surface area contributed by atoms with Gasteiger partial charge in [-0.15, -0.1) is 0 Å². The molecule has 3 aromatic rings. The third-order valence-electron chi connectivity index (χ3n) is 4.50. The lowest BCUT2D eigenvalue weighted by Gasteiger charge is -2.20. The molecule has 9 nitrogen and oxygen atoms in total. The fourth-order valence-corrected chi connectivity index (χ4v) is 4.35. The van der Waals surface area contributed by atoms with Crippen LogP contribution in [0.2, 0.25) is 5.15 Å². The number of halogens is 1. The van der Waals surface area contributed by atoms with Crippen LogP contribution in [0.5, 0.6) is 11.5 Å². The first kappa shape index (κ1) is 21.2. The van der Waals surface area contributed by atoms with Crippen molar-refractivity contribution in [1.82, 2.24) is 14.6 Å². The maximum atomic E-state index is 13.1. The minimum absolute atomic E-state index is 0.0768. The van der Waals surface area contributed by atoms with E-state index in [9.17, 15) is 13.2 Å². The minimum Gasteiger partial charge on any atom is -0.468 e. The first-order valence-corrected chi connectivity index (χ1v) is 11.0. The monoisotopic (exact) mass is 463 g/mol. The topological polar surface area (TPSA) is 111 Å². The molecule has 162 valence electrons. The van der Waals surface area contributed by atoms with Gasteiger partial charge in [0.25, 0.3) is 0 Å². The molecule has 31 heavy (non-hydrogen) atoms. The number of hydrogen-bond acceptors (Lipinski definition) is 7. The highest BCUT2D eigenvalue weighted by Gasteiger charge is 2.28. The summed E-state index contributed by atoms with van der Waals surface area (Å²) in [6.45, 7) is -0.164. The Morgan fingerprint density at radius 1 is 1.16 bits per heavy atom. The average molecular weight is 464 g/mol. The van der Waals surface area contributed by atoms with Crippen LogP contribution in [0.4, 0.5) is 0 Å². The van der Waals surface area contributed by atoms with Crippen molar-refractivity contribution in [1.29, 1.82) is 0 Å². The molecular formula is C20H18ClN3O6S. The molecule has 1 N–H and O–H groups in total. The van der Waals surface area contributed by atoms with E-state index in [1.165, 1.54) is 18.4 Å². The van der Waals surface area contributed by atoms with Gasteiger partial charge < -0.3 is 19.2 Å². The number of pyridine rings is 1. The average Bonchev–Trinajstić information content (AvgIpc) is 3.43. The summed E-state index contributed by atoms with van der Waals surface area (Å²) < 4.78 is 43.1. The second-order valence-corrected chi connectivity index (χ2v) is 8.96. The van der Waals surface area contributed by atoms with Gasteiger partial charge in [0.05, 0.1) is 19.4 Å². The highest BCUT2D eigenvalue weighted by molar-refractivity contribution is 7.89. The number of furan rings is 1. The van der Waals surface area contributed by atoms with Crippen LogP contribution in [0.3, 0.4) is 0 Å². The zero-order valence-electron chi connectivity index (χ0n) is 16.2. The number of carbonyl (C=O) groups excluding carboxylic acids is 1. The van der Waals surface area contributed by atoms with Crippen LogP contribution >= 0.6 is 11.6 Å². The van der Waals surface area contributed by atoms with Gasteiger partial charge in [-0.25, -0.2) is 13.4 Å². The number of benzene rings is 1. The van der Waals surface area contributed by atoms with Crippen LogP contribution in [-0.2, 0) is 27.9 Å². The number of hydrogen-bond donors (Lipinski definition) is 1. The zero-order valence-corrected chi connectivity index (χ0v) is 17.7. The highest BCUT2D eigenvalue weighted by Crippen LogP contribution is 2.32. The number of nitrogens with one attached hydrogen (secondary N) is 1. The van der Waals surface area contributed by atoms with Gasteiger partial charge >= 0.3 is 0 Å². The van der Waals surface area contributed by atoms with Crippen molar-refractivity contribution >= 4 is 27.5 Å². The molecule has 0 unspecified atom stereocenters. The predicted molar refractivity (Wildman–Crippen MR) is 110 cm³/mol. The first-order chi connectivity index (χ1) is 14.9. The summed E-state index contributed by atoms with van der Waals surface area (Å²) in [6.07, 6.45) is 2.58. The number of carbonyl (C=O) groups is 1. The lowest BCUT2D eigenvalue weighted by Crippen LogP contribution is -2.40. The first-order valence-electron chi connectivity index (χ1n) is 9.21. The summed E-state index contributed by atoms with van der Waals surface area (Å²) in [6, 6.07) is 11.3. The summed E-state index contributed by atoms with van der Waals surface area (Å²) in [7, 11) is -4.03. The summed E-state index contributed by atoms with van der Waals surface area (Å²) in [5.74, 6) is 1.16. The molecule has 1 aliphatic heterocycles. The van der Waals surface area contributed by atoms with Gasteiger partial charge in [-0.1, -0.05) is 17.7 Å². The van der Waals surface area contributed by atoms with E-state index in [0.717, 1.165) is 16.1 Å². The lowest BCUT2D eigenvalue weighted by molar-refractivity contribution is -0.121. The van der Waals surface area contributed by atoms with E-state index in [0.29, 0.717) is 17.3 Å². The van der Waals surface area contributed by atoms with E-state index in [1.54, 1.807) is 30.3 Å². The van der Waals surface area contributed by atoms with Crippen LogP contribution in [0, 0.1) is 0 Å². The number of nitrogens with zero attached hydrogens (tertiary/aromatic N) is 2. The van der Waals surface area contributed by atoms with Crippen LogP contribution in [0.25, 0.3) is 0 Å². The Balaban J connectivity index is 1.47. The van der Waals surface area contributed by atoms with Gasteiger partial charge in [0.2, 0.25) is 22.7 Å². The molecule has 0 aliphatic carbocycles. The van der Waals surface area contributed by atoms with Gasteiger partial charge in [-0.05, 0) is 42.0 Å². The molecule has 0 atom stereocenters. The predicted octanol–water partition coefficient (Wildman–Crippen LogP) is 2.56. The van der Waals surface area contributed by atoms with Crippen molar-refractivity contribution in [3.63, 3.8) is 0 Å². The van der Waals surface area contributed by atoms with Gasteiger partial charge in [-0.3, -0.25) is 4.79 Å². The fraction of sp³-hybridized carbons (Fsp3) is 0.200. The zero-order chi connectivity index (χ0) is 21.8. The Morgan fingerprint density at radius 3 is 2.74 bits per heavy atom. The third-order valence-corrected chi connectivity index (χ3v) is 6.50. The molecular weight excluding hydrogens is 446 g/mol. The van der Waals surface area contributed by atoms with Crippen LogP contribution in [0.15, 0.2) is 64.2 Å². The molecule has 2 aromatic heterocycles.